The average molecular weight is 249 g/mol. The molecule has 0 radical (unpaired) electrons. The van der Waals surface area contributed by atoms with Gasteiger partial charge in [0.25, 0.3) is 0 Å². The molecule has 1 rings (SSSR count). The van der Waals surface area contributed by atoms with Crippen LogP contribution in [0.25, 0.3) is 0 Å². The molecule has 0 aromatic rings. The summed E-state index contributed by atoms with van der Waals surface area (Å²) in [6.45, 7) is 9.20. The maximum Gasteiger partial charge on any atom is 0.226 e. The summed E-state index contributed by atoms with van der Waals surface area (Å²) in [7, 11) is 1.89. The second-order valence-corrected chi connectivity index (χ2v) is 5.45. The second-order valence-electron chi connectivity index (χ2n) is 5.45. The van der Waals surface area contributed by atoms with Gasteiger partial charge in [-0.15, -0.1) is 12.4 Å². The number of piperidine rings is 1. The first-order valence-electron chi connectivity index (χ1n) is 5.90. The Morgan fingerprint density at radius 1 is 1.38 bits per heavy atom. The number of hydrogen-bond acceptors (Lipinski definition) is 2. The van der Waals surface area contributed by atoms with E-state index >= 15 is 0 Å². The highest BCUT2D eigenvalue weighted by molar-refractivity contribution is 5.85. The van der Waals surface area contributed by atoms with E-state index in [9.17, 15) is 4.79 Å². The van der Waals surface area contributed by atoms with E-state index in [0.717, 1.165) is 32.5 Å². The number of nitrogens with one attached hydrogen (secondary N) is 1. The molecule has 1 atom stereocenters. The Morgan fingerprint density at radius 3 is 2.31 bits per heavy atom. The molecule has 1 unspecified atom stereocenters. The molecule has 1 amide bonds. The predicted octanol–water partition coefficient (Wildman–Crippen LogP) is 1.91. The Kier molecular flexibility index (Phi) is 6.34. The van der Waals surface area contributed by atoms with E-state index < -0.39 is 0 Å². The van der Waals surface area contributed by atoms with Crippen LogP contribution in [0.15, 0.2) is 0 Å². The van der Waals surface area contributed by atoms with Crippen LogP contribution in [-0.2, 0) is 4.79 Å². The lowest BCUT2D eigenvalue weighted by atomic mass is 9.82. The van der Waals surface area contributed by atoms with Gasteiger partial charge in [0, 0.05) is 25.6 Å². The lowest BCUT2D eigenvalue weighted by Crippen LogP contribution is -2.44. The molecule has 1 aliphatic heterocycles. The molecule has 96 valence electrons. The highest BCUT2D eigenvalue weighted by Crippen LogP contribution is 2.30. The van der Waals surface area contributed by atoms with Gasteiger partial charge in [-0.3, -0.25) is 4.79 Å². The number of hydrogen-bond donors (Lipinski definition) is 1. The maximum atomic E-state index is 12.0. The van der Waals surface area contributed by atoms with Gasteiger partial charge in [0.1, 0.15) is 0 Å². The maximum absolute atomic E-state index is 12.0. The smallest absolute Gasteiger partial charge is 0.226 e. The van der Waals surface area contributed by atoms with Crippen molar-refractivity contribution in [2.45, 2.75) is 33.6 Å². The van der Waals surface area contributed by atoms with E-state index in [1.165, 1.54) is 0 Å². The molecule has 0 bridgehead atoms. The van der Waals surface area contributed by atoms with Crippen LogP contribution >= 0.6 is 12.4 Å². The summed E-state index contributed by atoms with van der Waals surface area (Å²) >= 11 is 0. The third-order valence-corrected chi connectivity index (χ3v) is 3.36. The van der Waals surface area contributed by atoms with Gasteiger partial charge < -0.3 is 10.2 Å². The molecule has 0 aliphatic carbocycles. The number of nitrogens with zero attached hydrogens (tertiary/aromatic N) is 1. The molecule has 0 spiro atoms. The van der Waals surface area contributed by atoms with E-state index in [-0.39, 0.29) is 18.3 Å². The van der Waals surface area contributed by atoms with Gasteiger partial charge in [-0.1, -0.05) is 20.8 Å². The van der Waals surface area contributed by atoms with Gasteiger partial charge in [0.2, 0.25) is 5.91 Å². The van der Waals surface area contributed by atoms with Crippen LogP contribution in [0.1, 0.15) is 33.6 Å². The van der Waals surface area contributed by atoms with Crippen molar-refractivity contribution in [1.82, 2.24) is 10.2 Å². The monoisotopic (exact) mass is 248 g/mol. The van der Waals surface area contributed by atoms with Crippen LogP contribution < -0.4 is 5.32 Å². The standard InChI is InChI=1S/C12H24N2O.ClH/c1-10(9-13-4)11(15)14-7-5-12(2,3)6-8-14;/h10,13H,5-9H2,1-4H3;1H. The molecule has 0 aromatic carbocycles. The Morgan fingerprint density at radius 2 is 1.88 bits per heavy atom. The van der Waals surface area contributed by atoms with E-state index in [2.05, 4.69) is 19.2 Å². The SMILES string of the molecule is CNCC(C)C(=O)N1CCC(C)(C)CC1.Cl. The van der Waals surface area contributed by atoms with Gasteiger partial charge in [-0.2, -0.15) is 0 Å². The Labute approximate surface area is 105 Å². The highest BCUT2D eigenvalue weighted by Gasteiger charge is 2.29. The van der Waals surface area contributed by atoms with Gasteiger partial charge >= 0.3 is 0 Å². The molecule has 3 nitrogen and oxygen atoms in total. The zero-order valence-electron chi connectivity index (χ0n) is 10.9. The minimum atomic E-state index is 0. The zero-order chi connectivity index (χ0) is 11.5. The first kappa shape index (κ1) is 15.7. The van der Waals surface area contributed by atoms with E-state index in [1.807, 2.05) is 18.9 Å². The highest BCUT2D eigenvalue weighted by atomic mass is 35.5. The summed E-state index contributed by atoms with van der Waals surface area (Å²) in [6.07, 6.45) is 2.26. The number of rotatable bonds is 3. The molecule has 1 aliphatic rings. The Hall–Kier alpha value is -0.280. The van der Waals surface area contributed by atoms with Crippen LogP contribution in [0.2, 0.25) is 0 Å². The van der Waals surface area contributed by atoms with E-state index in [1.54, 1.807) is 0 Å². The van der Waals surface area contributed by atoms with Gasteiger partial charge in [0.05, 0.1) is 0 Å². The van der Waals surface area contributed by atoms with Gasteiger partial charge in [-0.25, -0.2) is 0 Å². The molecular weight excluding hydrogens is 224 g/mol. The summed E-state index contributed by atoms with van der Waals surface area (Å²) in [5.74, 6) is 0.413. The van der Waals surface area contributed by atoms with E-state index in [4.69, 9.17) is 0 Å². The van der Waals surface area contributed by atoms with Crippen molar-refractivity contribution in [3.8, 4) is 0 Å². The van der Waals surface area contributed by atoms with Crippen molar-refractivity contribution in [1.29, 1.82) is 0 Å². The van der Waals surface area contributed by atoms with Crippen LogP contribution in [-0.4, -0.2) is 37.5 Å². The predicted molar refractivity (Wildman–Crippen MR) is 69.9 cm³/mol. The number of carbonyl (C=O) groups excluding carboxylic acids is 1. The zero-order valence-corrected chi connectivity index (χ0v) is 11.7. The minimum absolute atomic E-state index is 0. The molecule has 1 saturated heterocycles. The fraction of sp³-hybridized carbons (Fsp3) is 0.917. The van der Waals surface area contributed by atoms with Crippen molar-refractivity contribution in [3.05, 3.63) is 0 Å². The number of likely N-dealkylation sites (tertiary alicyclic amines) is 1. The minimum Gasteiger partial charge on any atom is -0.342 e. The van der Waals surface area contributed by atoms with Crippen LogP contribution in [0.4, 0.5) is 0 Å². The van der Waals surface area contributed by atoms with Crippen molar-refractivity contribution in [3.63, 3.8) is 0 Å². The molecule has 1 heterocycles. The molecule has 16 heavy (non-hydrogen) atoms. The second kappa shape index (κ2) is 6.45. The molecular formula is C12H25ClN2O. The summed E-state index contributed by atoms with van der Waals surface area (Å²) in [4.78, 5) is 14.0. The average Bonchev–Trinajstić information content (AvgIpc) is 2.17. The molecule has 0 saturated carbocycles. The summed E-state index contributed by atoms with van der Waals surface area (Å²) in [6, 6.07) is 0. The molecule has 1 N–H and O–H groups in total. The van der Waals surface area contributed by atoms with Crippen molar-refractivity contribution in [2.75, 3.05) is 26.7 Å². The lowest BCUT2D eigenvalue weighted by molar-refractivity contribution is -0.136. The molecule has 4 heteroatoms. The molecule has 1 fully saturated rings. The van der Waals surface area contributed by atoms with Crippen LogP contribution in [0.3, 0.4) is 0 Å². The first-order chi connectivity index (χ1) is 6.96. The topological polar surface area (TPSA) is 32.3 Å². The third-order valence-electron chi connectivity index (χ3n) is 3.36. The quantitative estimate of drug-likeness (QED) is 0.828. The lowest BCUT2D eigenvalue weighted by Gasteiger charge is -2.38. The van der Waals surface area contributed by atoms with Crippen molar-refractivity contribution < 1.29 is 4.79 Å². The van der Waals surface area contributed by atoms with Gasteiger partial charge in [-0.05, 0) is 25.3 Å². The Balaban J connectivity index is 0.00000225. The summed E-state index contributed by atoms with van der Waals surface area (Å²) < 4.78 is 0. The number of halogens is 1. The number of amides is 1. The Bertz CT molecular complexity index is 221. The summed E-state index contributed by atoms with van der Waals surface area (Å²) in [5.41, 5.74) is 0.420. The normalized spacial score (nSPS) is 21.1. The summed E-state index contributed by atoms with van der Waals surface area (Å²) in [5, 5.41) is 3.06. The van der Waals surface area contributed by atoms with E-state index in [0.29, 0.717) is 11.3 Å². The third kappa shape index (κ3) is 4.30. The van der Waals surface area contributed by atoms with Crippen molar-refractivity contribution >= 4 is 18.3 Å². The first-order valence-corrected chi connectivity index (χ1v) is 5.90. The largest absolute Gasteiger partial charge is 0.342 e. The fourth-order valence-corrected chi connectivity index (χ4v) is 2.04. The van der Waals surface area contributed by atoms with Gasteiger partial charge in [0.15, 0.2) is 0 Å². The van der Waals surface area contributed by atoms with Crippen LogP contribution in [0.5, 0.6) is 0 Å². The number of carbonyl (C=O) groups is 1. The van der Waals surface area contributed by atoms with Crippen molar-refractivity contribution in [2.24, 2.45) is 11.3 Å². The molecule has 0 aromatic heterocycles. The van der Waals surface area contributed by atoms with Crippen LogP contribution in [0, 0.1) is 11.3 Å². The fourth-order valence-electron chi connectivity index (χ4n) is 2.04.